The first-order chi connectivity index (χ1) is 32.7. The van der Waals surface area contributed by atoms with Gasteiger partial charge in [-0.05, 0) is 61.4 Å². The number of unbranched alkanes of at least 4 members (excludes halogenated alkanes) is 2. The zero-order valence-corrected chi connectivity index (χ0v) is 43.4. The molecule has 22 nitrogen and oxygen atoms in total. The number of carboxylic acid groups (broad SMARTS) is 1. The maximum Gasteiger partial charge on any atom is 1.00 e. The molecule has 9 atom stereocenters. The molecule has 0 aromatic heterocycles. The van der Waals surface area contributed by atoms with E-state index in [-0.39, 0.29) is 106 Å². The SMILES string of the molecule is [K+].[N-]=[N+]=Nc1ccc(C(=O)NC(CCCCNC(=O)CCCCC2SCC3NC(=O)NC32)C(=O)NCCSSCCC(=O)NC[C@H]2O[C@@H](O/C(=C\c3ccc([O-])cc3)C(=O)O)[C@H](O)[C@@H](O)[C@H]2O)cc1. The second kappa shape index (κ2) is 30.2. The molecule has 3 fully saturated rings. The second-order valence-electron chi connectivity index (χ2n) is 16.0. The molecule has 0 spiro atoms. The van der Waals surface area contributed by atoms with Gasteiger partial charge >= 0.3 is 63.4 Å². The molecular weight excluding hydrogens is 986 g/mol. The predicted molar refractivity (Wildman–Crippen MR) is 252 cm³/mol. The van der Waals surface area contributed by atoms with Crippen molar-refractivity contribution in [3.8, 4) is 5.75 Å². The fourth-order valence-electron chi connectivity index (χ4n) is 7.37. The van der Waals surface area contributed by atoms with Gasteiger partial charge in [0, 0.05) is 71.1 Å². The summed E-state index contributed by atoms with van der Waals surface area (Å²) in [6.07, 6.45) is -2.86. The number of hydrogen-bond acceptors (Lipinski definition) is 16. The number of aliphatic hydroxyl groups excluding tert-OH is 3. The summed E-state index contributed by atoms with van der Waals surface area (Å²) >= 11 is 1.84. The molecule has 3 heterocycles. The van der Waals surface area contributed by atoms with Gasteiger partial charge in [0.25, 0.3) is 5.91 Å². The molecule has 26 heteroatoms. The molecule has 0 aliphatic carbocycles. The smallest absolute Gasteiger partial charge is 0.872 e. The van der Waals surface area contributed by atoms with Crippen molar-refractivity contribution in [1.82, 2.24) is 31.9 Å². The van der Waals surface area contributed by atoms with Gasteiger partial charge in [-0.3, -0.25) is 19.2 Å². The Balaban J connectivity index is 0.0000104. The Labute approximate surface area is 452 Å². The molecule has 2 aromatic rings. The van der Waals surface area contributed by atoms with Crippen LogP contribution in [0.1, 0.15) is 67.3 Å². The van der Waals surface area contributed by atoms with Gasteiger partial charge in [-0.15, -0.1) is 5.75 Å². The van der Waals surface area contributed by atoms with E-state index in [2.05, 4.69) is 41.9 Å². The van der Waals surface area contributed by atoms with Crippen LogP contribution in [-0.4, -0.2) is 147 Å². The molecular formula is C43H56KN9O13S3. The number of aliphatic carboxylic acids is 1. The van der Waals surface area contributed by atoms with E-state index in [0.29, 0.717) is 60.2 Å². The van der Waals surface area contributed by atoms with E-state index in [1.807, 2.05) is 11.8 Å². The first-order valence-corrected chi connectivity index (χ1v) is 25.5. The molecule has 0 radical (unpaired) electrons. The van der Waals surface area contributed by atoms with Crippen LogP contribution in [0.5, 0.6) is 5.75 Å². The fraction of sp³-hybridized carbons (Fsp3) is 0.535. The standard InChI is InChI=1S/C43H57N9O13S3.K/c44-52-51-26-12-10-25(11-13-26)39(59)48-28(5-3-4-17-45-33(54)7-2-1-6-32-35-29(23-66-32)49-43(63)50-35)40(60)46-18-20-68-67-19-16-34(55)47-22-31-36(56)37(57)38(58)42(65-31)64-30(41(61)62)21-24-8-14-27(53)15-9-24;/h8-15,21,28-29,31-32,35-38,42,53,56-58H,1-7,16-20,22-23H2,(H,45,54)(H,46,60)(H,47,55)(H,48,59)(H,61,62)(H2,49,50,63);/q;+1/p-1/b30-21-;/t28?,29?,31-,32?,35?,36+,37+,38-,42-;/m1./s1. The quantitative estimate of drug-likeness (QED) is 0.00577. The van der Waals surface area contributed by atoms with E-state index in [4.69, 9.17) is 15.0 Å². The summed E-state index contributed by atoms with van der Waals surface area (Å²) in [4.78, 5) is 77.8. The van der Waals surface area contributed by atoms with E-state index in [9.17, 15) is 54.3 Å². The number of carbonyl (C=O) groups is 6. The number of urea groups is 1. The third-order valence-electron chi connectivity index (χ3n) is 11.0. The molecule has 5 rings (SSSR count). The largest absolute Gasteiger partial charge is 1.00 e. The number of nitrogens with zero attached hydrogens (tertiary/aromatic N) is 3. The number of carbonyl (C=O) groups excluding carboxylic acids is 5. The molecule has 69 heavy (non-hydrogen) atoms. The van der Waals surface area contributed by atoms with Crippen molar-refractivity contribution >= 4 is 80.7 Å². The van der Waals surface area contributed by atoms with Gasteiger partial charge in [-0.1, -0.05) is 69.5 Å². The zero-order chi connectivity index (χ0) is 49.0. The minimum atomic E-state index is -1.84. The van der Waals surface area contributed by atoms with Crippen LogP contribution in [0, 0.1) is 0 Å². The minimum Gasteiger partial charge on any atom is -0.872 e. The van der Waals surface area contributed by atoms with Crippen LogP contribution in [0.4, 0.5) is 10.5 Å². The molecule has 10 N–H and O–H groups in total. The third-order valence-corrected chi connectivity index (χ3v) is 14.9. The summed E-state index contributed by atoms with van der Waals surface area (Å²) in [6, 6.07) is 10.4. The van der Waals surface area contributed by atoms with E-state index in [1.165, 1.54) is 70.1 Å². The summed E-state index contributed by atoms with van der Waals surface area (Å²) in [7, 11) is 2.76. The maximum atomic E-state index is 13.3. The van der Waals surface area contributed by atoms with Crippen LogP contribution in [-0.2, 0) is 28.7 Å². The van der Waals surface area contributed by atoms with Gasteiger partial charge in [-0.25, -0.2) is 9.59 Å². The Morgan fingerprint density at radius 3 is 2.36 bits per heavy atom. The van der Waals surface area contributed by atoms with Crippen LogP contribution in [0.25, 0.3) is 16.5 Å². The van der Waals surface area contributed by atoms with Gasteiger partial charge in [-0.2, -0.15) is 11.8 Å². The number of nitrogens with one attached hydrogen (secondary N) is 6. The summed E-state index contributed by atoms with van der Waals surface area (Å²) < 4.78 is 10.9. The van der Waals surface area contributed by atoms with Crippen LogP contribution in [0.3, 0.4) is 0 Å². The first kappa shape index (κ1) is 57.8. The number of azide groups is 1. The number of thioether (sulfide) groups is 1. The topological polar surface area (TPSA) is 346 Å². The van der Waals surface area contributed by atoms with Crippen molar-refractivity contribution < 1.29 is 115 Å². The van der Waals surface area contributed by atoms with E-state index < -0.39 is 66.2 Å². The van der Waals surface area contributed by atoms with Crippen LogP contribution < -0.4 is 88.4 Å². The molecule has 6 amide bonds. The second-order valence-corrected chi connectivity index (χ2v) is 20.0. The molecule has 2 aromatic carbocycles. The predicted octanol–water partition coefficient (Wildman–Crippen LogP) is -1.23. The third kappa shape index (κ3) is 19.1. The molecule has 3 aliphatic rings. The molecule has 0 saturated carbocycles. The number of carboxylic acids is 1. The van der Waals surface area contributed by atoms with Gasteiger partial charge < -0.3 is 66.9 Å². The van der Waals surface area contributed by atoms with Gasteiger partial charge in [0.05, 0.1) is 12.1 Å². The Hall–Kier alpha value is -3.76. The van der Waals surface area contributed by atoms with Crippen LogP contribution in [0.15, 0.2) is 59.4 Å². The van der Waals surface area contributed by atoms with Gasteiger partial charge in [0.15, 0.2) is 0 Å². The minimum absolute atomic E-state index is 0. The summed E-state index contributed by atoms with van der Waals surface area (Å²) in [6.45, 7) is 0.349. The average molecular weight is 1040 g/mol. The van der Waals surface area contributed by atoms with Gasteiger partial charge in [0.2, 0.25) is 29.8 Å². The Morgan fingerprint density at radius 2 is 1.64 bits per heavy atom. The fourth-order valence-corrected chi connectivity index (χ4v) is 10.8. The number of ether oxygens (including phenoxy) is 2. The first-order valence-electron chi connectivity index (χ1n) is 22.0. The summed E-state index contributed by atoms with van der Waals surface area (Å²) in [5.74, 6) is -2.17. The number of fused-ring (bicyclic) bond motifs is 1. The molecule has 3 saturated heterocycles. The monoisotopic (exact) mass is 1040 g/mol. The number of hydrogen-bond donors (Lipinski definition) is 10. The number of benzene rings is 2. The molecule has 3 aliphatic heterocycles. The van der Waals surface area contributed by atoms with Gasteiger partial charge in [0.1, 0.15) is 30.5 Å². The van der Waals surface area contributed by atoms with Crippen LogP contribution >= 0.6 is 33.3 Å². The van der Waals surface area contributed by atoms with Crippen molar-refractivity contribution in [2.45, 2.75) is 105 Å². The summed E-state index contributed by atoms with van der Waals surface area (Å²) in [5.41, 5.74) is 9.58. The van der Waals surface area contributed by atoms with Crippen molar-refractivity contribution in [3.05, 3.63) is 75.9 Å². The van der Waals surface area contributed by atoms with E-state index >= 15 is 0 Å². The Bertz CT molecular complexity index is 2130. The number of rotatable bonds is 27. The normalized spacial score (nSPS) is 23.1. The molecule has 4 unspecified atom stereocenters. The summed E-state index contributed by atoms with van der Waals surface area (Å²) in [5, 5.41) is 73.3. The van der Waals surface area contributed by atoms with Crippen molar-refractivity contribution in [2.24, 2.45) is 5.11 Å². The number of aliphatic hydroxyl groups is 3. The molecule has 0 bridgehead atoms. The van der Waals surface area contributed by atoms with Crippen LogP contribution in [0.2, 0.25) is 0 Å². The average Bonchev–Trinajstić information content (AvgIpc) is 3.88. The molecule has 370 valence electrons. The van der Waals surface area contributed by atoms with E-state index in [0.717, 1.165) is 31.1 Å². The Kier molecular flexibility index (Phi) is 25.3. The van der Waals surface area contributed by atoms with Crippen molar-refractivity contribution in [3.63, 3.8) is 0 Å². The van der Waals surface area contributed by atoms with Crippen molar-refractivity contribution in [2.75, 3.05) is 36.9 Å². The maximum absolute atomic E-state index is 13.3. The zero-order valence-electron chi connectivity index (χ0n) is 37.8. The van der Waals surface area contributed by atoms with Crippen molar-refractivity contribution in [1.29, 1.82) is 0 Å². The number of amides is 6. The van der Waals surface area contributed by atoms with E-state index in [1.54, 1.807) is 0 Å². The Morgan fingerprint density at radius 1 is 0.913 bits per heavy atom.